The van der Waals surface area contributed by atoms with Crippen molar-refractivity contribution >= 4 is 17.9 Å². The Hall–Kier alpha value is -1.79. The third-order valence-electron chi connectivity index (χ3n) is 2.83. The summed E-state index contributed by atoms with van der Waals surface area (Å²) in [7, 11) is 0. The predicted molar refractivity (Wildman–Crippen MR) is 79.9 cm³/mol. The van der Waals surface area contributed by atoms with E-state index in [0.717, 1.165) is 0 Å². The molecule has 0 aromatic rings. The lowest BCUT2D eigenvalue weighted by molar-refractivity contribution is -0.142. The van der Waals surface area contributed by atoms with Crippen molar-refractivity contribution in [2.45, 2.75) is 53.6 Å². The molecule has 7 heteroatoms. The van der Waals surface area contributed by atoms with E-state index in [2.05, 4.69) is 10.6 Å². The smallest absolute Gasteiger partial charge is 0.326 e. The van der Waals surface area contributed by atoms with E-state index in [1.807, 2.05) is 13.8 Å². The zero-order chi connectivity index (χ0) is 16.8. The second kappa shape index (κ2) is 7.85. The first kappa shape index (κ1) is 19.2. The van der Waals surface area contributed by atoms with Gasteiger partial charge in [-0.25, -0.2) is 9.59 Å². The van der Waals surface area contributed by atoms with E-state index in [1.54, 1.807) is 27.7 Å². The Kier molecular flexibility index (Phi) is 7.18. The first-order chi connectivity index (χ1) is 9.48. The average molecular weight is 301 g/mol. The number of nitrogens with zero attached hydrogens (tertiary/aromatic N) is 1. The molecule has 0 heterocycles. The fourth-order valence-corrected chi connectivity index (χ4v) is 1.73. The molecular formula is C14H27N3O4. The Morgan fingerprint density at radius 3 is 2.00 bits per heavy atom. The maximum atomic E-state index is 12.1. The number of likely N-dealkylation sites (N-methyl/N-ethyl adjacent to an activating group) is 1. The van der Waals surface area contributed by atoms with Crippen molar-refractivity contribution in [1.82, 2.24) is 15.5 Å². The lowest BCUT2D eigenvalue weighted by atomic mass is 9.87. The van der Waals surface area contributed by atoms with Crippen LogP contribution in [-0.4, -0.2) is 53.1 Å². The second-order valence-corrected chi connectivity index (χ2v) is 6.32. The van der Waals surface area contributed by atoms with Gasteiger partial charge in [0.15, 0.2) is 0 Å². The van der Waals surface area contributed by atoms with E-state index in [-0.39, 0.29) is 18.5 Å². The molecule has 0 aromatic heterocycles. The lowest BCUT2D eigenvalue weighted by Gasteiger charge is -2.30. The fraction of sp³-hybridized carbons (Fsp3) is 0.786. The minimum atomic E-state index is -1.10. The summed E-state index contributed by atoms with van der Waals surface area (Å²) in [5, 5.41) is 14.4. The summed E-state index contributed by atoms with van der Waals surface area (Å²) >= 11 is 0. The van der Waals surface area contributed by atoms with Gasteiger partial charge in [-0.1, -0.05) is 20.8 Å². The third kappa shape index (κ3) is 6.97. The van der Waals surface area contributed by atoms with E-state index in [9.17, 15) is 19.5 Å². The van der Waals surface area contributed by atoms with Crippen LogP contribution in [0.5, 0.6) is 0 Å². The van der Waals surface area contributed by atoms with Crippen molar-refractivity contribution in [2.75, 3.05) is 13.1 Å². The monoisotopic (exact) mass is 301 g/mol. The topological polar surface area (TPSA) is 98.7 Å². The van der Waals surface area contributed by atoms with Crippen molar-refractivity contribution in [2.24, 2.45) is 5.41 Å². The number of rotatable bonds is 6. The maximum Gasteiger partial charge on any atom is 0.326 e. The van der Waals surface area contributed by atoms with Gasteiger partial charge in [-0.15, -0.1) is 0 Å². The van der Waals surface area contributed by atoms with Gasteiger partial charge in [0.1, 0.15) is 12.6 Å². The summed E-state index contributed by atoms with van der Waals surface area (Å²) in [5.41, 5.74) is -0.624. The van der Waals surface area contributed by atoms with E-state index in [4.69, 9.17) is 0 Å². The number of carboxylic acid groups (broad SMARTS) is 1. The lowest BCUT2D eigenvalue weighted by Crippen LogP contribution is -2.54. The van der Waals surface area contributed by atoms with Gasteiger partial charge in [-0.2, -0.15) is 0 Å². The average Bonchev–Trinajstić information content (AvgIpc) is 2.29. The molecule has 1 atom stereocenters. The first-order valence-corrected chi connectivity index (χ1v) is 7.06. The van der Waals surface area contributed by atoms with Crippen LogP contribution in [0.3, 0.4) is 0 Å². The predicted octanol–water partition coefficient (Wildman–Crippen LogP) is 1.04. The van der Waals surface area contributed by atoms with Crippen LogP contribution < -0.4 is 10.6 Å². The van der Waals surface area contributed by atoms with Gasteiger partial charge in [0.2, 0.25) is 5.91 Å². The molecule has 0 aliphatic rings. The summed E-state index contributed by atoms with van der Waals surface area (Å²) in [6.07, 6.45) is 0. The molecule has 3 N–H and O–H groups in total. The van der Waals surface area contributed by atoms with E-state index in [0.29, 0.717) is 6.54 Å². The third-order valence-corrected chi connectivity index (χ3v) is 2.83. The van der Waals surface area contributed by atoms with Gasteiger partial charge >= 0.3 is 12.0 Å². The van der Waals surface area contributed by atoms with Gasteiger partial charge in [0.25, 0.3) is 0 Å². The summed E-state index contributed by atoms with van der Waals surface area (Å²) in [4.78, 5) is 36.3. The molecule has 21 heavy (non-hydrogen) atoms. The van der Waals surface area contributed by atoms with Crippen LogP contribution >= 0.6 is 0 Å². The minimum absolute atomic E-state index is 0.0133. The Morgan fingerprint density at radius 2 is 1.67 bits per heavy atom. The molecular weight excluding hydrogens is 274 g/mol. The minimum Gasteiger partial charge on any atom is -0.480 e. The number of carbonyl (C=O) groups is 3. The largest absolute Gasteiger partial charge is 0.480 e. The van der Waals surface area contributed by atoms with Crippen molar-refractivity contribution in [3.05, 3.63) is 0 Å². The number of urea groups is 1. The highest BCUT2D eigenvalue weighted by atomic mass is 16.4. The summed E-state index contributed by atoms with van der Waals surface area (Å²) in [6.45, 7) is 10.8. The Balaban J connectivity index is 4.79. The SMILES string of the molecule is CCN(CC(=O)NC(C)C)C(=O)N[C@H](C(=O)O)C(C)(C)C. The highest BCUT2D eigenvalue weighted by molar-refractivity contribution is 5.87. The Bertz CT molecular complexity index is 388. The quantitative estimate of drug-likeness (QED) is 0.682. The number of amides is 3. The molecule has 0 aliphatic heterocycles. The van der Waals surface area contributed by atoms with E-state index in [1.165, 1.54) is 4.90 Å². The van der Waals surface area contributed by atoms with Crippen molar-refractivity contribution in [3.8, 4) is 0 Å². The summed E-state index contributed by atoms with van der Waals surface area (Å²) in [5.74, 6) is -1.37. The second-order valence-electron chi connectivity index (χ2n) is 6.32. The van der Waals surface area contributed by atoms with Crippen molar-refractivity contribution in [3.63, 3.8) is 0 Å². The van der Waals surface area contributed by atoms with Gasteiger partial charge in [0, 0.05) is 12.6 Å². The molecule has 122 valence electrons. The van der Waals surface area contributed by atoms with Crippen LogP contribution in [0.1, 0.15) is 41.5 Å². The molecule has 0 aromatic carbocycles. The van der Waals surface area contributed by atoms with Gasteiger partial charge in [-0.05, 0) is 26.2 Å². The normalized spacial score (nSPS) is 12.7. The molecule has 0 aliphatic carbocycles. The molecule has 3 amide bonds. The molecule has 0 unspecified atom stereocenters. The number of nitrogens with one attached hydrogen (secondary N) is 2. The highest BCUT2D eigenvalue weighted by Gasteiger charge is 2.33. The van der Waals surface area contributed by atoms with Gasteiger partial charge in [0.05, 0.1) is 0 Å². The number of carboxylic acids is 1. The van der Waals surface area contributed by atoms with Crippen molar-refractivity contribution in [1.29, 1.82) is 0 Å². The summed E-state index contributed by atoms with van der Waals surface area (Å²) in [6, 6.07) is -1.59. The number of hydrogen-bond donors (Lipinski definition) is 3. The van der Waals surface area contributed by atoms with Crippen LogP contribution in [0, 0.1) is 5.41 Å². The van der Waals surface area contributed by atoms with Crippen molar-refractivity contribution < 1.29 is 19.5 Å². The molecule has 0 rings (SSSR count). The number of aliphatic carboxylic acids is 1. The Morgan fingerprint density at radius 1 is 1.14 bits per heavy atom. The fourth-order valence-electron chi connectivity index (χ4n) is 1.73. The molecule has 0 saturated carbocycles. The number of hydrogen-bond acceptors (Lipinski definition) is 3. The summed E-state index contributed by atoms with van der Waals surface area (Å²) < 4.78 is 0. The molecule has 0 spiro atoms. The molecule has 7 nitrogen and oxygen atoms in total. The van der Waals surface area contributed by atoms with E-state index >= 15 is 0 Å². The Labute approximate surface area is 126 Å². The molecule has 0 radical (unpaired) electrons. The van der Waals surface area contributed by atoms with E-state index < -0.39 is 23.5 Å². The zero-order valence-electron chi connectivity index (χ0n) is 13.7. The zero-order valence-corrected chi connectivity index (χ0v) is 13.7. The first-order valence-electron chi connectivity index (χ1n) is 7.06. The van der Waals surface area contributed by atoms with Crippen LogP contribution in [0.25, 0.3) is 0 Å². The highest BCUT2D eigenvalue weighted by Crippen LogP contribution is 2.19. The molecule has 0 saturated heterocycles. The van der Waals surface area contributed by atoms with Crippen LogP contribution in [0.15, 0.2) is 0 Å². The van der Waals surface area contributed by atoms with Crippen LogP contribution in [0.4, 0.5) is 4.79 Å². The molecule has 0 bridgehead atoms. The standard InChI is InChI=1S/C14H27N3O4/c1-7-17(8-10(18)15-9(2)3)13(21)16-11(12(19)20)14(4,5)6/h9,11H,7-8H2,1-6H3,(H,15,18)(H,16,21)(H,19,20)/t11-/m1/s1. The van der Waals surface area contributed by atoms with Gasteiger partial charge in [-0.3, -0.25) is 4.79 Å². The van der Waals surface area contributed by atoms with Gasteiger partial charge < -0.3 is 20.6 Å². The van der Waals surface area contributed by atoms with Crippen LogP contribution in [0.2, 0.25) is 0 Å². The number of carbonyl (C=O) groups excluding carboxylic acids is 2. The maximum absolute atomic E-state index is 12.1. The molecule has 0 fully saturated rings. The van der Waals surface area contributed by atoms with Crippen LogP contribution in [-0.2, 0) is 9.59 Å².